The molecule has 0 unspecified atom stereocenters. The number of hydrogen-bond acceptors (Lipinski definition) is 7. The molecule has 10 nitrogen and oxygen atoms in total. The third-order valence-electron chi connectivity index (χ3n) is 4.71. The maximum atomic E-state index is 13.0. The van der Waals surface area contributed by atoms with Crippen LogP contribution in [0.1, 0.15) is 5.69 Å². The smallest absolute Gasteiger partial charge is 0.251 e. The second kappa shape index (κ2) is 9.84. The normalized spacial score (nSPS) is 11.3. The lowest BCUT2D eigenvalue weighted by molar-refractivity contribution is -0.116. The Morgan fingerprint density at radius 2 is 1.88 bits per heavy atom. The Morgan fingerprint density at radius 3 is 2.55 bits per heavy atom. The van der Waals surface area contributed by atoms with Crippen LogP contribution < -0.4 is 20.3 Å². The van der Waals surface area contributed by atoms with Gasteiger partial charge in [-0.25, -0.2) is 13.4 Å². The largest absolute Gasteiger partial charge is 0.497 e. The summed E-state index contributed by atoms with van der Waals surface area (Å²) in [7, 11) is 0.0327. The minimum absolute atomic E-state index is 0.115. The van der Waals surface area contributed by atoms with Gasteiger partial charge in [0.05, 0.1) is 20.8 Å². The number of benzene rings is 2. The number of sulfonamides is 1. The fourth-order valence-corrected chi connectivity index (χ4v) is 4.39. The number of nitrogens with one attached hydrogen (secondary N) is 2. The number of ether oxygens (including phenoxy) is 2. The zero-order valence-corrected chi connectivity index (χ0v) is 19.4. The van der Waals surface area contributed by atoms with Crippen molar-refractivity contribution in [2.75, 3.05) is 33.1 Å². The molecule has 1 amide bonds. The number of likely N-dealkylation sites (N-methyl/N-ethyl adjacent to an activating group) is 1. The summed E-state index contributed by atoms with van der Waals surface area (Å²) < 4.78 is 37.3. The number of aromatic amines is 1. The summed E-state index contributed by atoms with van der Waals surface area (Å²) in [4.78, 5) is 31.1. The Labute approximate surface area is 191 Å². The van der Waals surface area contributed by atoms with Crippen LogP contribution >= 0.6 is 0 Å². The van der Waals surface area contributed by atoms with Gasteiger partial charge in [0, 0.05) is 36.1 Å². The van der Waals surface area contributed by atoms with E-state index >= 15 is 0 Å². The predicted molar refractivity (Wildman–Crippen MR) is 123 cm³/mol. The number of aryl methyl sites for hydroxylation is 1. The van der Waals surface area contributed by atoms with Crippen molar-refractivity contribution in [1.82, 2.24) is 14.3 Å². The summed E-state index contributed by atoms with van der Waals surface area (Å²) in [6.45, 7) is 1.27. The molecule has 0 radical (unpaired) electrons. The molecule has 0 atom stereocenters. The van der Waals surface area contributed by atoms with E-state index in [2.05, 4.69) is 15.3 Å². The van der Waals surface area contributed by atoms with Gasteiger partial charge in [-0.3, -0.25) is 9.59 Å². The van der Waals surface area contributed by atoms with E-state index in [0.29, 0.717) is 28.5 Å². The Morgan fingerprint density at radius 1 is 1.12 bits per heavy atom. The highest BCUT2D eigenvalue weighted by atomic mass is 32.2. The highest BCUT2D eigenvalue weighted by Crippen LogP contribution is 2.30. The monoisotopic (exact) mass is 472 g/mol. The Hall–Kier alpha value is -3.70. The Bertz CT molecular complexity index is 1340. The Balaban J connectivity index is 1.78. The average molecular weight is 473 g/mol. The van der Waals surface area contributed by atoms with Gasteiger partial charge in [0.1, 0.15) is 22.2 Å². The summed E-state index contributed by atoms with van der Waals surface area (Å²) in [5.41, 5.74) is 1.29. The molecule has 1 aromatic heterocycles. The lowest BCUT2D eigenvalue weighted by Crippen LogP contribution is -2.35. The van der Waals surface area contributed by atoms with Gasteiger partial charge in [0.25, 0.3) is 5.56 Å². The second-order valence-electron chi connectivity index (χ2n) is 7.14. The summed E-state index contributed by atoms with van der Waals surface area (Å²) in [6.07, 6.45) is 0. The van der Waals surface area contributed by atoms with Crippen LogP contribution in [0.25, 0.3) is 11.4 Å². The van der Waals surface area contributed by atoms with E-state index in [0.717, 1.165) is 4.31 Å². The molecular formula is C22H24N4O6S. The first-order valence-corrected chi connectivity index (χ1v) is 11.2. The molecule has 11 heteroatoms. The number of aromatic nitrogens is 2. The lowest BCUT2D eigenvalue weighted by Gasteiger charge is -2.19. The van der Waals surface area contributed by atoms with Crippen molar-refractivity contribution in [3.63, 3.8) is 0 Å². The highest BCUT2D eigenvalue weighted by molar-refractivity contribution is 7.89. The first-order chi connectivity index (χ1) is 15.6. The van der Waals surface area contributed by atoms with Gasteiger partial charge in [-0.1, -0.05) is 12.1 Å². The minimum atomic E-state index is -4.04. The number of H-pyrrole nitrogens is 1. The van der Waals surface area contributed by atoms with Crippen molar-refractivity contribution in [2.45, 2.75) is 11.8 Å². The van der Waals surface area contributed by atoms with Crippen molar-refractivity contribution < 1.29 is 22.7 Å². The highest BCUT2D eigenvalue weighted by Gasteiger charge is 2.27. The molecule has 33 heavy (non-hydrogen) atoms. The van der Waals surface area contributed by atoms with Crippen molar-refractivity contribution in [3.8, 4) is 22.9 Å². The molecule has 0 saturated carbocycles. The van der Waals surface area contributed by atoms with Crippen molar-refractivity contribution in [1.29, 1.82) is 0 Å². The van der Waals surface area contributed by atoms with Gasteiger partial charge in [0.2, 0.25) is 15.9 Å². The van der Waals surface area contributed by atoms with Crippen molar-refractivity contribution in [3.05, 3.63) is 64.6 Å². The number of anilines is 1. The average Bonchev–Trinajstić information content (AvgIpc) is 2.78. The number of amides is 1. The molecule has 1 heterocycles. The molecule has 2 aromatic carbocycles. The first kappa shape index (κ1) is 24.0. The quantitative estimate of drug-likeness (QED) is 0.513. The van der Waals surface area contributed by atoms with Crippen LogP contribution in [0.4, 0.5) is 5.69 Å². The number of carbonyl (C=O) groups is 1. The molecule has 0 fully saturated rings. The summed E-state index contributed by atoms with van der Waals surface area (Å²) in [5, 5.41) is 2.67. The topological polar surface area (TPSA) is 131 Å². The molecule has 0 bridgehead atoms. The van der Waals surface area contributed by atoms with E-state index in [1.54, 1.807) is 37.3 Å². The van der Waals surface area contributed by atoms with E-state index in [9.17, 15) is 18.0 Å². The van der Waals surface area contributed by atoms with Gasteiger partial charge in [-0.2, -0.15) is 4.31 Å². The van der Waals surface area contributed by atoms with Crippen LogP contribution in [0.5, 0.6) is 11.5 Å². The molecule has 174 valence electrons. The molecule has 0 saturated heterocycles. The maximum absolute atomic E-state index is 13.0. The molecule has 3 aromatic rings. The molecule has 2 N–H and O–H groups in total. The van der Waals surface area contributed by atoms with E-state index in [1.165, 1.54) is 39.5 Å². The Kier molecular flexibility index (Phi) is 7.14. The van der Waals surface area contributed by atoms with E-state index in [4.69, 9.17) is 9.47 Å². The van der Waals surface area contributed by atoms with Crippen LogP contribution in [-0.2, 0) is 14.8 Å². The molecule has 0 spiro atoms. The molecule has 0 aliphatic rings. The van der Waals surface area contributed by atoms with Gasteiger partial charge in [0.15, 0.2) is 0 Å². The predicted octanol–water partition coefficient (Wildman–Crippen LogP) is 2.02. The molecular weight excluding hydrogens is 448 g/mol. The van der Waals surface area contributed by atoms with Crippen LogP contribution in [0, 0.1) is 6.92 Å². The fourth-order valence-electron chi connectivity index (χ4n) is 3.10. The van der Waals surface area contributed by atoms with Gasteiger partial charge >= 0.3 is 0 Å². The third kappa shape index (κ3) is 5.57. The SMILES string of the molecule is COc1ccc(OC)c(S(=O)(=O)N(C)CC(=O)Nc2cccc(-c3nc(C)cc(=O)[nH]3)c2)c1. The third-order valence-corrected chi connectivity index (χ3v) is 6.54. The number of hydrogen-bond donors (Lipinski definition) is 2. The van der Waals surface area contributed by atoms with Gasteiger partial charge in [-0.05, 0) is 31.2 Å². The molecule has 0 aliphatic carbocycles. The zero-order valence-electron chi connectivity index (χ0n) is 18.6. The summed E-state index contributed by atoms with van der Waals surface area (Å²) in [5.74, 6) is 0.286. The number of methoxy groups -OCH3 is 2. The van der Waals surface area contributed by atoms with Crippen LogP contribution in [0.2, 0.25) is 0 Å². The summed E-state index contributed by atoms with van der Waals surface area (Å²) in [6, 6.07) is 12.5. The van der Waals surface area contributed by atoms with Crippen LogP contribution in [0.15, 0.2) is 58.2 Å². The lowest BCUT2D eigenvalue weighted by atomic mass is 10.2. The van der Waals surface area contributed by atoms with Gasteiger partial charge in [-0.15, -0.1) is 0 Å². The van der Waals surface area contributed by atoms with E-state index in [1.807, 2.05) is 0 Å². The maximum Gasteiger partial charge on any atom is 0.251 e. The van der Waals surface area contributed by atoms with E-state index < -0.39 is 22.5 Å². The number of carbonyl (C=O) groups excluding carboxylic acids is 1. The second-order valence-corrected chi connectivity index (χ2v) is 9.16. The minimum Gasteiger partial charge on any atom is -0.497 e. The summed E-state index contributed by atoms with van der Waals surface area (Å²) >= 11 is 0. The van der Waals surface area contributed by atoms with E-state index in [-0.39, 0.29) is 16.2 Å². The van der Waals surface area contributed by atoms with Gasteiger partial charge < -0.3 is 19.8 Å². The van der Waals surface area contributed by atoms with Crippen LogP contribution in [0.3, 0.4) is 0 Å². The number of rotatable bonds is 8. The molecule has 3 rings (SSSR count). The van der Waals surface area contributed by atoms with Crippen molar-refractivity contribution >= 4 is 21.6 Å². The van der Waals surface area contributed by atoms with Crippen LogP contribution in [-0.4, -0.2) is 56.4 Å². The van der Waals surface area contributed by atoms with Crippen molar-refractivity contribution in [2.24, 2.45) is 0 Å². The zero-order chi connectivity index (χ0) is 24.2. The standard InChI is InChI=1S/C22H24N4O6S/c1-14-10-20(27)25-22(23-14)15-6-5-7-16(11-15)24-21(28)13-26(2)33(29,30)19-12-17(31-3)8-9-18(19)32-4/h5-12H,13H2,1-4H3,(H,24,28)(H,23,25,27). The first-order valence-electron chi connectivity index (χ1n) is 9.80. The molecule has 0 aliphatic heterocycles. The fraction of sp³-hybridized carbons (Fsp3) is 0.227. The number of nitrogens with zero attached hydrogens (tertiary/aromatic N) is 2.